The van der Waals surface area contributed by atoms with Gasteiger partial charge in [0.15, 0.2) is 0 Å². The van der Waals surface area contributed by atoms with E-state index in [2.05, 4.69) is 10.3 Å². The van der Waals surface area contributed by atoms with Gasteiger partial charge in [0.1, 0.15) is 5.82 Å². The number of rotatable bonds is 1. The molecule has 1 heterocycles. The van der Waals surface area contributed by atoms with Crippen LogP contribution in [-0.2, 0) is 5.72 Å². The molecule has 0 fully saturated rings. The topological polar surface area (TPSA) is 48.2 Å². The first kappa shape index (κ1) is 11.8. The maximum absolute atomic E-state index is 13.0. The van der Waals surface area contributed by atoms with Gasteiger partial charge in [-0.2, -0.15) is 0 Å². The summed E-state index contributed by atoms with van der Waals surface area (Å²) in [5.41, 5.74) is 0.334. The molecular formula is C14H12FN3O. The molecule has 19 heavy (non-hydrogen) atoms. The summed E-state index contributed by atoms with van der Waals surface area (Å²) in [5.74, 6) is -0.347. The number of benzene rings is 2. The zero-order valence-electron chi connectivity index (χ0n) is 10.3. The molecule has 4 nitrogen and oxygen atoms in total. The van der Waals surface area contributed by atoms with E-state index < -0.39 is 5.72 Å². The van der Waals surface area contributed by atoms with Gasteiger partial charge in [-0.25, -0.2) is 9.40 Å². The fraction of sp³-hybridized carbons (Fsp3) is 0.143. The molecule has 0 bridgehead atoms. The summed E-state index contributed by atoms with van der Waals surface area (Å²) in [6.07, 6.45) is 0. The molecule has 0 amide bonds. The summed E-state index contributed by atoms with van der Waals surface area (Å²) in [4.78, 5) is 0. The number of fused-ring (bicyclic) bond motifs is 1. The van der Waals surface area contributed by atoms with E-state index in [0.717, 1.165) is 0 Å². The molecule has 3 rings (SSSR count). The average molecular weight is 257 g/mol. The minimum atomic E-state index is -1.44. The molecule has 0 aliphatic carbocycles. The van der Waals surface area contributed by atoms with Crippen molar-refractivity contribution in [1.82, 2.24) is 5.01 Å². The van der Waals surface area contributed by atoms with E-state index in [1.165, 1.54) is 17.1 Å². The maximum atomic E-state index is 13.0. The highest BCUT2D eigenvalue weighted by molar-refractivity contribution is 5.53. The van der Waals surface area contributed by atoms with Gasteiger partial charge in [0.2, 0.25) is 5.72 Å². The maximum Gasteiger partial charge on any atom is 0.209 e. The average Bonchev–Trinajstić information content (AvgIpc) is 2.44. The number of halogens is 1. The van der Waals surface area contributed by atoms with E-state index in [4.69, 9.17) is 0 Å². The van der Waals surface area contributed by atoms with Gasteiger partial charge >= 0.3 is 0 Å². The van der Waals surface area contributed by atoms with Crippen molar-refractivity contribution in [3.05, 3.63) is 65.5 Å². The van der Waals surface area contributed by atoms with E-state index in [0.29, 0.717) is 16.8 Å². The van der Waals surface area contributed by atoms with Crippen molar-refractivity contribution < 1.29 is 9.50 Å². The Morgan fingerprint density at radius 3 is 2.53 bits per heavy atom. The zero-order chi connectivity index (χ0) is 13.5. The van der Waals surface area contributed by atoms with Gasteiger partial charge in [0.05, 0.1) is 5.69 Å². The van der Waals surface area contributed by atoms with Crippen LogP contribution in [0.3, 0.4) is 0 Å². The van der Waals surface area contributed by atoms with E-state index in [9.17, 15) is 9.50 Å². The third kappa shape index (κ3) is 1.70. The highest BCUT2D eigenvalue weighted by atomic mass is 19.1. The van der Waals surface area contributed by atoms with E-state index in [1.807, 2.05) is 12.1 Å². The second-order valence-electron chi connectivity index (χ2n) is 4.41. The Morgan fingerprint density at radius 1 is 1.11 bits per heavy atom. The Labute approximate surface area is 109 Å². The van der Waals surface area contributed by atoms with Gasteiger partial charge in [-0.05, 0) is 18.2 Å². The van der Waals surface area contributed by atoms with Crippen LogP contribution in [0.5, 0.6) is 0 Å². The molecule has 1 aliphatic heterocycles. The quantitative estimate of drug-likeness (QED) is 0.853. The monoisotopic (exact) mass is 257 g/mol. The van der Waals surface area contributed by atoms with Gasteiger partial charge in [0.25, 0.3) is 0 Å². The van der Waals surface area contributed by atoms with E-state index >= 15 is 0 Å². The largest absolute Gasteiger partial charge is 0.362 e. The summed E-state index contributed by atoms with van der Waals surface area (Å²) in [5, 5.41) is 20.3. The Bertz CT molecular complexity index is 641. The van der Waals surface area contributed by atoms with Crippen LogP contribution in [0, 0.1) is 5.82 Å². The SMILES string of the molecule is CN1N=Nc2ccccc2[C@@]1(O)c1ccc(F)cc1. The second-order valence-corrected chi connectivity index (χ2v) is 4.41. The van der Waals surface area contributed by atoms with Crippen LogP contribution in [-0.4, -0.2) is 17.2 Å². The number of nitrogens with zero attached hydrogens (tertiary/aromatic N) is 3. The third-order valence-corrected chi connectivity index (χ3v) is 3.28. The highest BCUT2D eigenvalue weighted by Crippen LogP contribution is 2.41. The summed E-state index contributed by atoms with van der Waals surface area (Å²) in [6, 6.07) is 12.9. The first-order valence-electron chi connectivity index (χ1n) is 5.86. The lowest BCUT2D eigenvalue weighted by Crippen LogP contribution is -2.43. The normalized spacial score (nSPS) is 21.3. The Balaban J connectivity index is 2.21. The fourth-order valence-electron chi connectivity index (χ4n) is 2.23. The van der Waals surface area contributed by atoms with Gasteiger partial charge in [-0.3, -0.25) is 0 Å². The first-order chi connectivity index (χ1) is 9.12. The molecule has 5 heteroatoms. The molecule has 0 saturated carbocycles. The minimum Gasteiger partial charge on any atom is -0.362 e. The lowest BCUT2D eigenvalue weighted by atomic mass is 9.92. The van der Waals surface area contributed by atoms with Crippen molar-refractivity contribution >= 4 is 5.69 Å². The molecule has 0 unspecified atom stereocenters. The molecular weight excluding hydrogens is 245 g/mol. The van der Waals surface area contributed by atoms with Crippen LogP contribution in [0.1, 0.15) is 11.1 Å². The van der Waals surface area contributed by atoms with Gasteiger partial charge in [0, 0.05) is 18.2 Å². The molecule has 0 spiro atoms. The van der Waals surface area contributed by atoms with Crippen molar-refractivity contribution in [3.63, 3.8) is 0 Å². The van der Waals surface area contributed by atoms with Crippen LogP contribution >= 0.6 is 0 Å². The van der Waals surface area contributed by atoms with Crippen molar-refractivity contribution in [2.75, 3.05) is 7.05 Å². The molecule has 1 N–H and O–H groups in total. The van der Waals surface area contributed by atoms with Gasteiger partial charge < -0.3 is 5.11 Å². The smallest absolute Gasteiger partial charge is 0.209 e. The van der Waals surface area contributed by atoms with Gasteiger partial charge in [-0.15, -0.1) is 5.11 Å². The van der Waals surface area contributed by atoms with Crippen molar-refractivity contribution in [2.24, 2.45) is 10.3 Å². The summed E-state index contributed by atoms with van der Waals surface area (Å²) in [6.45, 7) is 0. The minimum absolute atomic E-state index is 0.347. The first-order valence-corrected chi connectivity index (χ1v) is 5.86. The fourth-order valence-corrected chi connectivity index (χ4v) is 2.23. The van der Waals surface area contributed by atoms with Crippen LogP contribution in [0.15, 0.2) is 58.9 Å². The lowest BCUT2D eigenvalue weighted by Gasteiger charge is -2.37. The van der Waals surface area contributed by atoms with Crippen LogP contribution in [0.4, 0.5) is 10.1 Å². The molecule has 1 aliphatic rings. The predicted octanol–water partition coefficient (Wildman–Crippen LogP) is 2.96. The zero-order valence-corrected chi connectivity index (χ0v) is 10.3. The molecule has 1 atom stereocenters. The standard InChI is InChI=1S/C14H12FN3O/c1-18-14(19,10-6-8-11(15)9-7-10)12-4-2-3-5-13(12)16-17-18/h2-9,19H,1H3/t14-/m0/s1. The molecule has 0 saturated heterocycles. The Kier molecular flexibility index (Phi) is 2.57. The Hall–Kier alpha value is -2.27. The molecule has 96 valence electrons. The summed E-state index contributed by atoms with van der Waals surface area (Å²) >= 11 is 0. The molecule has 2 aromatic carbocycles. The summed E-state index contributed by atoms with van der Waals surface area (Å²) in [7, 11) is 1.63. The van der Waals surface area contributed by atoms with Crippen LogP contribution < -0.4 is 0 Å². The number of hydrogen-bond donors (Lipinski definition) is 1. The molecule has 0 aromatic heterocycles. The van der Waals surface area contributed by atoms with Crippen LogP contribution in [0.2, 0.25) is 0 Å². The number of aliphatic hydroxyl groups is 1. The molecule has 0 radical (unpaired) electrons. The highest BCUT2D eigenvalue weighted by Gasteiger charge is 2.40. The second kappa shape index (κ2) is 4.13. The predicted molar refractivity (Wildman–Crippen MR) is 68.1 cm³/mol. The molecule has 2 aromatic rings. The van der Waals surface area contributed by atoms with Gasteiger partial charge in [-0.1, -0.05) is 35.6 Å². The van der Waals surface area contributed by atoms with Crippen molar-refractivity contribution in [3.8, 4) is 0 Å². The van der Waals surface area contributed by atoms with Crippen molar-refractivity contribution in [2.45, 2.75) is 5.72 Å². The van der Waals surface area contributed by atoms with Crippen molar-refractivity contribution in [1.29, 1.82) is 0 Å². The summed E-state index contributed by atoms with van der Waals surface area (Å²) < 4.78 is 13.0. The third-order valence-electron chi connectivity index (χ3n) is 3.28. The number of hydrogen-bond acceptors (Lipinski definition) is 4. The lowest BCUT2D eigenvalue weighted by molar-refractivity contribution is -0.0736. The Morgan fingerprint density at radius 2 is 1.79 bits per heavy atom. The van der Waals surface area contributed by atoms with E-state index in [-0.39, 0.29) is 5.82 Å². The van der Waals surface area contributed by atoms with Crippen LogP contribution in [0.25, 0.3) is 0 Å². The van der Waals surface area contributed by atoms with E-state index in [1.54, 1.807) is 31.3 Å².